The number of nitrogens with zero attached hydrogens (tertiary/aromatic N) is 3. The minimum absolute atomic E-state index is 0.0496. The average Bonchev–Trinajstić information content (AvgIpc) is 2.83. The third kappa shape index (κ3) is 2.34. The largest absolute Gasteiger partial charge is 0.332 e. The fourth-order valence-corrected chi connectivity index (χ4v) is 2.07. The van der Waals surface area contributed by atoms with Crippen molar-refractivity contribution in [3.63, 3.8) is 0 Å². The lowest BCUT2D eigenvalue weighted by Crippen LogP contribution is -2.49. The van der Waals surface area contributed by atoms with Crippen LogP contribution < -0.4 is 5.73 Å². The topological polar surface area (TPSA) is 64.2 Å². The Labute approximate surface area is 102 Å². The van der Waals surface area contributed by atoms with E-state index in [1.165, 1.54) is 0 Å². The summed E-state index contributed by atoms with van der Waals surface area (Å²) in [6.07, 6.45) is 4.65. The van der Waals surface area contributed by atoms with Gasteiger partial charge in [0.1, 0.15) is 5.82 Å². The van der Waals surface area contributed by atoms with Crippen molar-refractivity contribution in [1.29, 1.82) is 0 Å². The molecule has 0 bridgehead atoms. The number of hydrogen-bond acceptors (Lipinski definition) is 3. The summed E-state index contributed by atoms with van der Waals surface area (Å²) in [7, 11) is 0. The molecule has 1 aliphatic heterocycles. The van der Waals surface area contributed by atoms with Crippen LogP contribution in [0.2, 0.25) is 0 Å². The predicted octanol–water partition coefficient (Wildman–Crippen LogP) is 0.599. The highest BCUT2D eigenvalue weighted by molar-refractivity contribution is 5.82. The fraction of sp³-hybridized carbons (Fsp3) is 0.667. The van der Waals surface area contributed by atoms with E-state index in [1.807, 2.05) is 18.0 Å². The number of aromatic nitrogens is 2. The van der Waals surface area contributed by atoms with Crippen molar-refractivity contribution in [2.45, 2.75) is 39.4 Å². The molecule has 1 aromatic heterocycles. The number of carbonyl (C=O) groups is 1. The van der Waals surface area contributed by atoms with Gasteiger partial charge in [0.05, 0.1) is 12.6 Å². The first-order valence-electron chi connectivity index (χ1n) is 6.17. The van der Waals surface area contributed by atoms with E-state index < -0.39 is 0 Å². The lowest BCUT2D eigenvalue weighted by atomic mass is 9.99. The van der Waals surface area contributed by atoms with E-state index in [0.29, 0.717) is 6.54 Å². The number of fused-ring (bicyclic) bond motifs is 1. The van der Waals surface area contributed by atoms with Crippen LogP contribution in [0.3, 0.4) is 0 Å². The Hall–Kier alpha value is -1.36. The molecule has 2 rings (SSSR count). The number of nitrogens with two attached hydrogens (primary N) is 1. The van der Waals surface area contributed by atoms with Gasteiger partial charge in [0, 0.05) is 25.5 Å². The smallest absolute Gasteiger partial charge is 0.240 e. The van der Waals surface area contributed by atoms with E-state index in [1.54, 1.807) is 6.20 Å². The zero-order valence-electron chi connectivity index (χ0n) is 10.5. The summed E-state index contributed by atoms with van der Waals surface area (Å²) >= 11 is 0. The highest BCUT2D eigenvalue weighted by Crippen LogP contribution is 2.14. The monoisotopic (exact) mass is 236 g/mol. The lowest BCUT2D eigenvalue weighted by molar-refractivity contribution is -0.135. The summed E-state index contributed by atoms with van der Waals surface area (Å²) in [6.45, 7) is 6.20. The first-order chi connectivity index (χ1) is 8.13. The maximum absolute atomic E-state index is 12.2. The molecule has 0 unspecified atom stereocenters. The number of hydrogen-bond donors (Lipinski definition) is 1. The Morgan fingerprint density at radius 2 is 2.35 bits per heavy atom. The zero-order chi connectivity index (χ0) is 12.4. The first kappa shape index (κ1) is 12.1. The summed E-state index contributed by atoms with van der Waals surface area (Å²) in [5.74, 6) is 1.22. The number of rotatable bonds is 3. The van der Waals surface area contributed by atoms with Crippen molar-refractivity contribution < 1.29 is 4.79 Å². The maximum Gasteiger partial charge on any atom is 0.240 e. The van der Waals surface area contributed by atoms with Crippen LogP contribution in [0.5, 0.6) is 0 Å². The quantitative estimate of drug-likeness (QED) is 0.835. The van der Waals surface area contributed by atoms with Gasteiger partial charge >= 0.3 is 0 Å². The molecule has 2 heterocycles. The molecule has 5 heteroatoms. The third-order valence-corrected chi connectivity index (χ3v) is 3.60. The van der Waals surface area contributed by atoms with Crippen LogP contribution in [0.4, 0.5) is 0 Å². The van der Waals surface area contributed by atoms with E-state index >= 15 is 0 Å². The van der Waals surface area contributed by atoms with Crippen LogP contribution in [-0.4, -0.2) is 32.9 Å². The minimum atomic E-state index is -0.387. The van der Waals surface area contributed by atoms with Gasteiger partial charge < -0.3 is 15.2 Å². The molecule has 1 aliphatic rings. The molecule has 0 aliphatic carbocycles. The molecule has 0 radical (unpaired) electrons. The van der Waals surface area contributed by atoms with Gasteiger partial charge in [-0.15, -0.1) is 0 Å². The molecule has 1 aromatic rings. The number of carbonyl (C=O) groups excluding carboxylic acids is 1. The zero-order valence-corrected chi connectivity index (χ0v) is 10.5. The van der Waals surface area contributed by atoms with E-state index in [0.717, 1.165) is 25.3 Å². The molecule has 1 amide bonds. The van der Waals surface area contributed by atoms with Crippen molar-refractivity contribution in [3.8, 4) is 0 Å². The summed E-state index contributed by atoms with van der Waals surface area (Å²) in [6, 6.07) is -0.387. The minimum Gasteiger partial charge on any atom is -0.332 e. The summed E-state index contributed by atoms with van der Waals surface area (Å²) in [4.78, 5) is 18.3. The maximum atomic E-state index is 12.2. The van der Waals surface area contributed by atoms with E-state index in [-0.39, 0.29) is 17.9 Å². The van der Waals surface area contributed by atoms with Crippen LogP contribution in [0, 0.1) is 5.92 Å². The van der Waals surface area contributed by atoms with E-state index in [9.17, 15) is 4.79 Å². The van der Waals surface area contributed by atoms with Crippen molar-refractivity contribution >= 4 is 5.91 Å². The van der Waals surface area contributed by atoms with Crippen molar-refractivity contribution in [2.24, 2.45) is 11.7 Å². The van der Waals surface area contributed by atoms with Gasteiger partial charge in [-0.1, -0.05) is 20.3 Å². The average molecular weight is 236 g/mol. The summed E-state index contributed by atoms with van der Waals surface area (Å²) < 4.78 is 2.08. The van der Waals surface area contributed by atoms with Crippen molar-refractivity contribution in [1.82, 2.24) is 14.5 Å². The normalized spacial score (nSPS) is 18.6. The van der Waals surface area contributed by atoms with Crippen LogP contribution in [0.1, 0.15) is 26.1 Å². The first-order valence-corrected chi connectivity index (χ1v) is 6.17. The molecule has 0 saturated heterocycles. The molecule has 2 atom stereocenters. The van der Waals surface area contributed by atoms with Gasteiger partial charge in [-0.2, -0.15) is 0 Å². The van der Waals surface area contributed by atoms with Crippen LogP contribution in [0.15, 0.2) is 12.4 Å². The van der Waals surface area contributed by atoms with E-state index in [4.69, 9.17) is 5.73 Å². The second-order valence-electron chi connectivity index (χ2n) is 4.71. The summed E-state index contributed by atoms with van der Waals surface area (Å²) in [5.41, 5.74) is 5.98. The van der Waals surface area contributed by atoms with Gasteiger partial charge in [0.2, 0.25) is 5.91 Å². The Bertz CT molecular complexity index is 401. The Balaban J connectivity index is 2.03. The van der Waals surface area contributed by atoms with Crippen LogP contribution in [-0.2, 0) is 17.9 Å². The van der Waals surface area contributed by atoms with Crippen molar-refractivity contribution in [3.05, 3.63) is 18.2 Å². The van der Waals surface area contributed by atoms with Gasteiger partial charge in [0.15, 0.2) is 0 Å². The highest BCUT2D eigenvalue weighted by atomic mass is 16.2. The molecule has 0 saturated carbocycles. The van der Waals surface area contributed by atoms with Gasteiger partial charge in [-0.05, 0) is 5.92 Å². The molecule has 2 N–H and O–H groups in total. The van der Waals surface area contributed by atoms with Crippen LogP contribution in [0.25, 0.3) is 0 Å². The highest BCUT2D eigenvalue weighted by Gasteiger charge is 2.27. The molecule has 0 fully saturated rings. The van der Waals surface area contributed by atoms with Crippen LogP contribution >= 0.6 is 0 Å². The van der Waals surface area contributed by atoms with Crippen molar-refractivity contribution in [2.75, 3.05) is 6.54 Å². The van der Waals surface area contributed by atoms with Gasteiger partial charge in [-0.25, -0.2) is 4.98 Å². The van der Waals surface area contributed by atoms with Gasteiger partial charge in [-0.3, -0.25) is 4.79 Å². The Kier molecular flexibility index (Phi) is 3.47. The number of amides is 1. The Morgan fingerprint density at radius 3 is 3.06 bits per heavy atom. The summed E-state index contributed by atoms with van der Waals surface area (Å²) in [5, 5.41) is 0. The molecule has 0 spiro atoms. The molecular weight excluding hydrogens is 216 g/mol. The fourth-order valence-electron chi connectivity index (χ4n) is 2.07. The molecule has 17 heavy (non-hydrogen) atoms. The van der Waals surface area contributed by atoms with Gasteiger partial charge in [0.25, 0.3) is 0 Å². The lowest BCUT2D eigenvalue weighted by Gasteiger charge is -2.31. The molecular formula is C12H20N4O. The number of imidazole rings is 1. The Morgan fingerprint density at radius 1 is 1.59 bits per heavy atom. The predicted molar refractivity (Wildman–Crippen MR) is 65.1 cm³/mol. The standard InChI is InChI=1S/C12H20N4O/c1-3-9(2)11(13)12(17)16-7-6-15-5-4-14-10(15)8-16/h4-5,9,11H,3,6-8,13H2,1-2H3/t9-,11-/m0/s1. The molecule has 0 aromatic carbocycles. The molecule has 5 nitrogen and oxygen atoms in total. The second kappa shape index (κ2) is 4.87. The second-order valence-corrected chi connectivity index (χ2v) is 4.71. The SMILES string of the molecule is CC[C@H](C)[C@H](N)C(=O)N1CCn2ccnc2C1. The molecule has 94 valence electrons. The third-order valence-electron chi connectivity index (χ3n) is 3.60. The van der Waals surface area contributed by atoms with E-state index in [2.05, 4.69) is 16.5 Å².